The molecule has 4 heterocycles. The number of para-hydroxylation sites is 2. The topological polar surface area (TPSA) is 155 Å². The van der Waals surface area contributed by atoms with Crippen LogP contribution in [0.3, 0.4) is 0 Å². The van der Waals surface area contributed by atoms with Crippen molar-refractivity contribution in [3.8, 4) is 33.9 Å². The van der Waals surface area contributed by atoms with Crippen LogP contribution in [-0.4, -0.2) is 93.0 Å². The number of ether oxygens (including phenoxy) is 1. The zero-order valence-corrected chi connectivity index (χ0v) is 29.0. The molecule has 12 nitrogen and oxygen atoms in total. The van der Waals surface area contributed by atoms with Crippen LogP contribution in [0.25, 0.3) is 22.4 Å². The summed E-state index contributed by atoms with van der Waals surface area (Å²) in [6, 6.07) is 14.8. The number of phenolic OH excluding ortho intramolecular Hbond substituents is 1. The van der Waals surface area contributed by atoms with Crippen LogP contribution >= 0.6 is 0 Å². The fourth-order valence-electron chi connectivity index (χ4n) is 8.20. The summed E-state index contributed by atoms with van der Waals surface area (Å²) in [6.07, 6.45) is 8.76. The normalized spacial score (nSPS) is 21.1. The number of fused-ring (bicyclic) bond motifs is 1. The number of rotatable bonds is 11. The van der Waals surface area contributed by atoms with Gasteiger partial charge in [0.2, 0.25) is 5.95 Å². The number of hydrogen-bond donors (Lipinski definition) is 4. The van der Waals surface area contributed by atoms with Crippen molar-refractivity contribution in [1.82, 2.24) is 30.2 Å². The fourth-order valence-corrected chi connectivity index (χ4v) is 8.20. The first-order chi connectivity index (χ1) is 24.9. The lowest BCUT2D eigenvalue weighted by Gasteiger charge is -2.42. The first kappa shape index (κ1) is 34.8. The van der Waals surface area contributed by atoms with Crippen LogP contribution < -0.4 is 20.7 Å². The van der Waals surface area contributed by atoms with E-state index in [2.05, 4.69) is 42.5 Å². The molecule has 0 bridgehead atoms. The van der Waals surface area contributed by atoms with Gasteiger partial charge in [0, 0.05) is 30.3 Å². The highest BCUT2D eigenvalue weighted by Crippen LogP contribution is 2.45. The van der Waals surface area contributed by atoms with Gasteiger partial charge in [-0.15, -0.1) is 10.2 Å². The van der Waals surface area contributed by atoms with E-state index in [1.165, 1.54) is 16.4 Å². The van der Waals surface area contributed by atoms with Crippen molar-refractivity contribution in [1.29, 1.82) is 0 Å². The minimum atomic E-state index is -0.637. The van der Waals surface area contributed by atoms with Gasteiger partial charge in [-0.3, -0.25) is 5.32 Å². The largest absolute Gasteiger partial charge is 0.507 e. The molecule has 51 heavy (non-hydrogen) atoms. The third kappa shape index (κ3) is 7.15. The van der Waals surface area contributed by atoms with Gasteiger partial charge in [0.15, 0.2) is 5.82 Å². The number of nitrogens with zero attached hydrogens (tertiary/aromatic N) is 6. The number of piperidine rings is 1. The van der Waals surface area contributed by atoms with Gasteiger partial charge in [0.1, 0.15) is 30.6 Å². The van der Waals surface area contributed by atoms with Gasteiger partial charge in [0.25, 0.3) is 0 Å². The van der Waals surface area contributed by atoms with E-state index in [0.717, 1.165) is 69.3 Å². The van der Waals surface area contributed by atoms with E-state index in [1.807, 2.05) is 6.07 Å². The van der Waals surface area contributed by atoms with Crippen molar-refractivity contribution in [3.63, 3.8) is 0 Å². The molecule has 0 amide bonds. The quantitative estimate of drug-likeness (QED) is 0.125. The van der Waals surface area contributed by atoms with E-state index in [4.69, 9.17) is 10.5 Å². The van der Waals surface area contributed by atoms with E-state index in [1.54, 1.807) is 37.4 Å². The molecule has 13 heteroatoms. The molecule has 3 aliphatic rings. The second-order valence-electron chi connectivity index (χ2n) is 13.9. The number of carbonyl (C=O) groups excluding carboxylic acids is 1. The molecule has 2 atom stereocenters. The third-order valence-electron chi connectivity index (χ3n) is 11.1. The Labute approximate surface area is 297 Å². The maximum atomic E-state index is 15.9. The number of phenols is 1. The van der Waals surface area contributed by atoms with E-state index >= 15 is 4.39 Å². The lowest BCUT2D eigenvalue weighted by molar-refractivity contribution is -0.109. The summed E-state index contributed by atoms with van der Waals surface area (Å²) in [5, 5.41) is 35.7. The van der Waals surface area contributed by atoms with Crippen LogP contribution in [0.5, 0.6) is 11.5 Å². The van der Waals surface area contributed by atoms with E-state index in [9.17, 15) is 15.0 Å². The standard InChI is InChI=1S/C38H47FN8O4/c1-41-35(50)14-13-27(23-48)46-19-20-51-36-28(6-4-7-33(36)46)24-9-11-25(12-10-24)45-17-15-26(16-18-45)47-37(39)31(22-42-47)30-21-32(43-44-38(30)40)29-5-2-3-8-34(29)49/h2-8,21-27,35,41,49-50H,9-20H2,1H3,(H2,40,44)/t24-,25-,27?,35?. The van der Waals surface area contributed by atoms with Crippen molar-refractivity contribution in [2.75, 3.05) is 43.9 Å². The highest BCUT2D eigenvalue weighted by Gasteiger charge is 2.34. The second-order valence-corrected chi connectivity index (χ2v) is 13.9. The average molecular weight is 699 g/mol. The minimum Gasteiger partial charge on any atom is -0.507 e. The van der Waals surface area contributed by atoms with Crippen LogP contribution in [-0.2, 0) is 4.79 Å². The molecule has 1 saturated heterocycles. The van der Waals surface area contributed by atoms with E-state index < -0.39 is 12.2 Å². The maximum absolute atomic E-state index is 15.9. The van der Waals surface area contributed by atoms with Crippen LogP contribution in [0.2, 0.25) is 0 Å². The Kier molecular flexibility index (Phi) is 10.5. The lowest BCUT2D eigenvalue weighted by atomic mass is 9.80. The first-order valence-corrected chi connectivity index (χ1v) is 18.1. The number of aliphatic hydroxyl groups is 1. The van der Waals surface area contributed by atoms with Crippen LogP contribution in [0.15, 0.2) is 54.7 Å². The van der Waals surface area contributed by atoms with Crippen molar-refractivity contribution < 1.29 is 24.1 Å². The first-order valence-electron chi connectivity index (χ1n) is 18.1. The molecule has 4 aromatic rings. The highest BCUT2D eigenvalue weighted by atomic mass is 19.1. The van der Waals surface area contributed by atoms with Crippen molar-refractivity contribution in [2.24, 2.45) is 0 Å². The zero-order valence-electron chi connectivity index (χ0n) is 29.0. The third-order valence-corrected chi connectivity index (χ3v) is 11.1. The van der Waals surface area contributed by atoms with Crippen molar-refractivity contribution in [3.05, 3.63) is 66.2 Å². The number of hydrogen-bond acceptors (Lipinski definition) is 11. The molecule has 1 aliphatic carbocycles. The monoisotopic (exact) mass is 698 g/mol. The zero-order chi connectivity index (χ0) is 35.5. The number of nitrogens with two attached hydrogens (primary N) is 1. The van der Waals surface area contributed by atoms with E-state index in [-0.39, 0.29) is 29.2 Å². The summed E-state index contributed by atoms with van der Waals surface area (Å²) >= 11 is 0. The summed E-state index contributed by atoms with van der Waals surface area (Å²) in [6.45, 7) is 2.91. The molecule has 1 saturated carbocycles. The van der Waals surface area contributed by atoms with Crippen LogP contribution in [0.1, 0.15) is 68.9 Å². The van der Waals surface area contributed by atoms with Crippen LogP contribution in [0, 0.1) is 5.95 Å². The van der Waals surface area contributed by atoms with Gasteiger partial charge in [-0.1, -0.05) is 24.3 Å². The number of nitrogens with one attached hydrogen (secondary N) is 1. The summed E-state index contributed by atoms with van der Waals surface area (Å²) in [4.78, 5) is 16.8. The molecule has 2 aromatic heterocycles. The predicted molar refractivity (Wildman–Crippen MR) is 193 cm³/mol. The van der Waals surface area contributed by atoms with Crippen molar-refractivity contribution in [2.45, 2.75) is 81.6 Å². The van der Waals surface area contributed by atoms with Gasteiger partial charge < -0.3 is 35.3 Å². The number of aliphatic hydroxyl groups excluding tert-OH is 1. The second kappa shape index (κ2) is 15.3. The molecule has 0 spiro atoms. The SMILES string of the molecule is CNC(O)CCC(C=O)N1CCOc2c1cccc2[C@H]1CC[C@H](N2CCC(n3ncc(-c4cc(-c5ccccc5O)nnc4N)c3F)CC2)CC1. The van der Waals surface area contributed by atoms with Gasteiger partial charge in [-0.25, -0.2) is 4.68 Å². The average Bonchev–Trinajstić information content (AvgIpc) is 3.56. The maximum Gasteiger partial charge on any atom is 0.219 e. The molecule has 270 valence electrons. The summed E-state index contributed by atoms with van der Waals surface area (Å²) in [5.74, 6) is 0.991. The molecule has 2 fully saturated rings. The Balaban J connectivity index is 0.968. The number of nitrogen functional groups attached to an aromatic ring is 1. The molecule has 7 rings (SSSR count). The Morgan fingerprint density at radius 1 is 0.980 bits per heavy atom. The lowest BCUT2D eigenvalue weighted by Crippen LogP contribution is -2.44. The Morgan fingerprint density at radius 3 is 2.51 bits per heavy atom. The number of halogens is 1. The molecular weight excluding hydrogens is 651 g/mol. The number of carbonyl (C=O) groups is 1. The Hall–Kier alpha value is -4.59. The number of aromatic nitrogens is 4. The van der Waals surface area contributed by atoms with Gasteiger partial charge >= 0.3 is 0 Å². The predicted octanol–water partition coefficient (Wildman–Crippen LogP) is 4.88. The summed E-state index contributed by atoms with van der Waals surface area (Å²) < 4.78 is 23.7. The number of aldehydes is 1. The van der Waals surface area contributed by atoms with E-state index in [0.29, 0.717) is 54.8 Å². The number of benzene rings is 2. The Morgan fingerprint density at radius 2 is 1.76 bits per heavy atom. The van der Waals surface area contributed by atoms with Crippen LogP contribution in [0.4, 0.5) is 15.9 Å². The summed E-state index contributed by atoms with van der Waals surface area (Å²) in [5.41, 5.74) is 9.88. The number of anilines is 2. The molecule has 2 unspecified atom stereocenters. The molecular formula is C38H47FN8O4. The smallest absolute Gasteiger partial charge is 0.219 e. The Bertz CT molecular complexity index is 1820. The fraction of sp³-hybridized carbons (Fsp3) is 0.474. The molecule has 2 aliphatic heterocycles. The van der Waals surface area contributed by atoms with Gasteiger partial charge in [0.05, 0.1) is 41.8 Å². The molecule has 0 radical (unpaired) electrons. The van der Waals surface area contributed by atoms with Crippen molar-refractivity contribution >= 4 is 17.8 Å². The minimum absolute atomic E-state index is 0.0571. The number of likely N-dealkylation sites (tertiary alicyclic amines) is 1. The summed E-state index contributed by atoms with van der Waals surface area (Å²) in [7, 11) is 1.71. The van der Waals surface area contributed by atoms with Gasteiger partial charge in [-0.05, 0) is 94.2 Å². The highest BCUT2D eigenvalue weighted by molar-refractivity contribution is 5.78. The molecule has 5 N–H and O–H groups in total. The number of aromatic hydroxyl groups is 1. The molecule has 2 aromatic carbocycles. The van der Waals surface area contributed by atoms with Gasteiger partial charge in [-0.2, -0.15) is 9.49 Å².